The molecule has 4 rings (SSSR count). The molecule has 1 saturated carbocycles. The maximum atomic E-state index is 12.8. The third-order valence-corrected chi connectivity index (χ3v) is 7.17. The molecule has 2 aromatic carbocycles. The first kappa shape index (κ1) is 26.0. The number of nitrogens with one attached hydrogen (secondary N) is 1. The van der Waals surface area contributed by atoms with Crippen LogP contribution in [0.2, 0.25) is 0 Å². The van der Waals surface area contributed by atoms with E-state index < -0.39 is 52.8 Å². The zero-order valence-corrected chi connectivity index (χ0v) is 19.9. The highest BCUT2D eigenvalue weighted by atomic mass is 35.5. The van der Waals surface area contributed by atoms with Crippen LogP contribution in [0.5, 0.6) is 0 Å². The number of hydrogen-bond donors (Lipinski definition) is 1. The van der Waals surface area contributed by atoms with E-state index in [9.17, 15) is 32.3 Å². The summed E-state index contributed by atoms with van der Waals surface area (Å²) >= 11 is 12.4. The zero-order chi connectivity index (χ0) is 26.2. The van der Waals surface area contributed by atoms with Gasteiger partial charge in [-0.25, -0.2) is 4.79 Å². The highest BCUT2D eigenvalue weighted by Gasteiger charge is 2.52. The molecule has 190 valence electrons. The van der Waals surface area contributed by atoms with Gasteiger partial charge in [0.15, 0.2) is 6.61 Å². The summed E-state index contributed by atoms with van der Waals surface area (Å²) in [5.41, 5.74) is -0.715. The van der Waals surface area contributed by atoms with Crippen molar-refractivity contribution >= 4 is 58.3 Å². The Balaban J connectivity index is 1.35. The lowest BCUT2D eigenvalue weighted by Gasteiger charge is -2.28. The Labute approximate surface area is 213 Å². The number of benzene rings is 2. The average Bonchev–Trinajstić information content (AvgIpc) is 3.06. The maximum absolute atomic E-state index is 12.8. The number of esters is 1. The zero-order valence-electron chi connectivity index (χ0n) is 18.4. The van der Waals surface area contributed by atoms with Gasteiger partial charge in [0.1, 0.15) is 0 Å². The van der Waals surface area contributed by atoms with Crippen LogP contribution in [0.3, 0.4) is 0 Å². The fourth-order valence-electron chi connectivity index (χ4n) is 4.28. The molecule has 1 aliphatic carbocycles. The summed E-state index contributed by atoms with van der Waals surface area (Å²) in [5, 5.41) is 1.41. The van der Waals surface area contributed by atoms with Crippen molar-refractivity contribution in [1.82, 2.24) is 0 Å². The van der Waals surface area contributed by atoms with E-state index in [0.717, 1.165) is 23.1 Å². The van der Waals surface area contributed by atoms with Crippen LogP contribution in [0.25, 0.3) is 0 Å². The third kappa shape index (κ3) is 5.34. The van der Waals surface area contributed by atoms with Crippen LogP contribution in [0.1, 0.15) is 28.8 Å². The molecule has 0 bridgehead atoms. The summed E-state index contributed by atoms with van der Waals surface area (Å²) in [6, 6.07) is 9.50. The van der Waals surface area contributed by atoms with Crippen LogP contribution in [0.4, 0.5) is 24.5 Å². The summed E-state index contributed by atoms with van der Waals surface area (Å²) in [5.74, 6) is -3.54. The summed E-state index contributed by atoms with van der Waals surface area (Å²) in [4.78, 5) is 51.0. The molecule has 4 atom stereocenters. The molecule has 2 aliphatic rings. The number of carbonyl (C=O) groups is 4. The predicted octanol–water partition coefficient (Wildman–Crippen LogP) is 4.62. The molecule has 0 aromatic heterocycles. The molecule has 1 aliphatic heterocycles. The quantitative estimate of drug-likeness (QED) is 0.338. The molecule has 0 radical (unpaired) electrons. The first-order chi connectivity index (χ1) is 17.0. The SMILES string of the molecule is O=C(COC(=O)c1ccc(N2C(=O)[C@@H]3C[C@@H](Cl)[C@@H](Cl)C[C@H]3C2=O)cc1)Nc1cccc(C(F)(F)F)c1. The number of halogens is 5. The van der Waals surface area contributed by atoms with Gasteiger partial charge in [0.05, 0.1) is 39.4 Å². The van der Waals surface area contributed by atoms with E-state index in [1.54, 1.807) is 0 Å². The van der Waals surface area contributed by atoms with Crippen molar-refractivity contribution in [3.63, 3.8) is 0 Å². The molecule has 1 saturated heterocycles. The normalized spacial score (nSPS) is 23.9. The van der Waals surface area contributed by atoms with Crippen LogP contribution in [0, 0.1) is 11.8 Å². The van der Waals surface area contributed by atoms with Gasteiger partial charge in [0.2, 0.25) is 11.8 Å². The van der Waals surface area contributed by atoms with Crippen molar-refractivity contribution in [2.45, 2.75) is 29.8 Å². The van der Waals surface area contributed by atoms with Gasteiger partial charge < -0.3 is 10.1 Å². The van der Waals surface area contributed by atoms with E-state index in [1.807, 2.05) is 0 Å². The second-order valence-electron chi connectivity index (χ2n) is 8.48. The van der Waals surface area contributed by atoms with Gasteiger partial charge in [0.25, 0.3) is 5.91 Å². The summed E-state index contributed by atoms with van der Waals surface area (Å²) in [6.45, 7) is -0.734. The highest BCUT2D eigenvalue weighted by molar-refractivity contribution is 6.31. The molecule has 2 aromatic rings. The fourth-order valence-corrected chi connectivity index (χ4v) is 4.87. The van der Waals surface area contributed by atoms with Gasteiger partial charge in [-0.1, -0.05) is 6.07 Å². The van der Waals surface area contributed by atoms with E-state index in [2.05, 4.69) is 5.32 Å². The minimum Gasteiger partial charge on any atom is -0.452 e. The summed E-state index contributed by atoms with van der Waals surface area (Å²) < 4.78 is 43.3. The molecule has 2 fully saturated rings. The van der Waals surface area contributed by atoms with Gasteiger partial charge in [-0.05, 0) is 55.3 Å². The van der Waals surface area contributed by atoms with E-state index in [-0.39, 0.29) is 28.8 Å². The van der Waals surface area contributed by atoms with E-state index in [0.29, 0.717) is 12.8 Å². The second kappa shape index (κ2) is 10.1. The Bertz CT molecular complexity index is 1180. The standard InChI is InChI=1S/C24H19Cl2F3N2O5/c25-18-9-16-17(10-19(18)26)22(34)31(21(16)33)15-6-4-12(5-7-15)23(35)36-11-20(32)30-14-3-1-2-13(8-14)24(27,28)29/h1-8,16-19H,9-11H2,(H,30,32)/t16-,17-,18-,19+/m1/s1. The molecule has 3 amide bonds. The number of ether oxygens (including phenoxy) is 1. The number of alkyl halides is 5. The van der Waals surface area contributed by atoms with Gasteiger partial charge >= 0.3 is 12.1 Å². The first-order valence-corrected chi connectivity index (χ1v) is 11.7. The molecule has 36 heavy (non-hydrogen) atoms. The van der Waals surface area contributed by atoms with Gasteiger partial charge in [-0.15, -0.1) is 23.2 Å². The number of fused-ring (bicyclic) bond motifs is 1. The number of imide groups is 1. The van der Waals surface area contributed by atoms with Crippen molar-refractivity contribution in [3.8, 4) is 0 Å². The van der Waals surface area contributed by atoms with Crippen molar-refractivity contribution in [2.75, 3.05) is 16.8 Å². The summed E-state index contributed by atoms with van der Waals surface area (Å²) in [7, 11) is 0. The van der Waals surface area contributed by atoms with Crippen molar-refractivity contribution < 1.29 is 37.1 Å². The molecule has 7 nitrogen and oxygen atoms in total. The van der Waals surface area contributed by atoms with Crippen LogP contribution in [0.15, 0.2) is 48.5 Å². The Morgan fingerprint density at radius 1 is 0.972 bits per heavy atom. The molecular weight excluding hydrogens is 524 g/mol. The number of amides is 3. The molecule has 1 N–H and O–H groups in total. The molecule has 0 spiro atoms. The Kier molecular flexibility index (Phi) is 7.28. The van der Waals surface area contributed by atoms with Crippen molar-refractivity contribution in [1.29, 1.82) is 0 Å². The van der Waals surface area contributed by atoms with E-state index in [4.69, 9.17) is 27.9 Å². The lowest BCUT2D eigenvalue weighted by molar-refractivity contribution is -0.137. The Morgan fingerprint density at radius 2 is 1.56 bits per heavy atom. The van der Waals surface area contributed by atoms with Crippen LogP contribution in [-0.2, 0) is 25.3 Å². The van der Waals surface area contributed by atoms with Crippen LogP contribution >= 0.6 is 23.2 Å². The van der Waals surface area contributed by atoms with Gasteiger partial charge in [-0.2, -0.15) is 13.2 Å². The summed E-state index contributed by atoms with van der Waals surface area (Å²) in [6.07, 6.45) is -3.97. The Morgan fingerprint density at radius 3 is 2.11 bits per heavy atom. The van der Waals surface area contributed by atoms with Crippen LogP contribution in [-0.4, -0.2) is 41.1 Å². The topological polar surface area (TPSA) is 92.8 Å². The van der Waals surface area contributed by atoms with Crippen LogP contribution < -0.4 is 10.2 Å². The van der Waals surface area contributed by atoms with Gasteiger partial charge in [-0.3, -0.25) is 19.3 Å². The van der Waals surface area contributed by atoms with E-state index >= 15 is 0 Å². The number of hydrogen-bond acceptors (Lipinski definition) is 5. The number of rotatable bonds is 5. The lowest BCUT2D eigenvalue weighted by Crippen LogP contribution is -2.34. The number of anilines is 2. The van der Waals surface area contributed by atoms with E-state index in [1.165, 1.54) is 30.3 Å². The smallest absolute Gasteiger partial charge is 0.416 e. The third-order valence-electron chi connectivity index (χ3n) is 6.08. The molecule has 0 unspecified atom stereocenters. The molecule has 1 heterocycles. The van der Waals surface area contributed by atoms with Gasteiger partial charge in [0, 0.05) is 5.69 Å². The Hall–Kier alpha value is -3.11. The lowest BCUT2D eigenvalue weighted by atomic mass is 9.80. The minimum atomic E-state index is -4.57. The maximum Gasteiger partial charge on any atom is 0.416 e. The monoisotopic (exact) mass is 542 g/mol. The highest BCUT2D eigenvalue weighted by Crippen LogP contribution is 2.43. The number of nitrogens with zero attached hydrogens (tertiary/aromatic N) is 1. The van der Waals surface area contributed by atoms with Crippen molar-refractivity contribution in [3.05, 3.63) is 59.7 Å². The number of carbonyl (C=O) groups excluding carboxylic acids is 4. The first-order valence-electron chi connectivity index (χ1n) is 10.9. The fraction of sp³-hybridized carbons (Fsp3) is 0.333. The molecular formula is C24H19Cl2F3N2O5. The second-order valence-corrected chi connectivity index (χ2v) is 9.60. The largest absolute Gasteiger partial charge is 0.452 e. The minimum absolute atomic E-state index is 0.0452. The average molecular weight is 543 g/mol. The van der Waals surface area contributed by atoms with Crippen molar-refractivity contribution in [2.24, 2.45) is 11.8 Å². The predicted molar refractivity (Wildman–Crippen MR) is 125 cm³/mol. The molecule has 12 heteroatoms.